The van der Waals surface area contributed by atoms with E-state index in [9.17, 15) is 0 Å². The molecular formula is C14H19N3O2. The van der Waals surface area contributed by atoms with Crippen LogP contribution in [0.2, 0.25) is 0 Å². The smallest absolute Gasteiger partial charge is 0.197 e. The van der Waals surface area contributed by atoms with Gasteiger partial charge < -0.3 is 19.4 Å². The predicted octanol–water partition coefficient (Wildman–Crippen LogP) is 1.43. The highest BCUT2D eigenvalue weighted by atomic mass is 16.5. The van der Waals surface area contributed by atoms with Gasteiger partial charge in [0.05, 0.1) is 6.61 Å². The van der Waals surface area contributed by atoms with Crippen LogP contribution < -0.4 is 10.2 Å². The average Bonchev–Trinajstić information content (AvgIpc) is 2.87. The fourth-order valence-electron chi connectivity index (χ4n) is 2.38. The third-order valence-corrected chi connectivity index (χ3v) is 3.42. The molecule has 1 aliphatic rings. The lowest BCUT2D eigenvalue weighted by molar-refractivity contribution is 0.196. The van der Waals surface area contributed by atoms with Gasteiger partial charge in [-0.2, -0.15) is 0 Å². The van der Waals surface area contributed by atoms with Crippen molar-refractivity contribution in [2.24, 2.45) is 0 Å². The van der Waals surface area contributed by atoms with Crippen LogP contribution in [-0.2, 0) is 11.2 Å². The van der Waals surface area contributed by atoms with Gasteiger partial charge >= 0.3 is 0 Å². The van der Waals surface area contributed by atoms with Gasteiger partial charge in [0.1, 0.15) is 5.52 Å². The number of ether oxygens (including phenoxy) is 1. The number of anilines is 1. The van der Waals surface area contributed by atoms with Gasteiger partial charge in [-0.15, -0.1) is 0 Å². The number of nitrogens with zero attached hydrogens (tertiary/aromatic N) is 2. The molecule has 0 amide bonds. The minimum Gasteiger partial charge on any atom is -0.441 e. The molecule has 1 aromatic carbocycles. The Labute approximate surface area is 112 Å². The summed E-state index contributed by atoms with van der Waals surface area (Å²) in [6, 6.07) is 6.24. The Balaban J connectivity index is 1.83. The maximum Gasteiger partial charge on any atom is 0.197 e. The van der Waals surface area contributed by atoms with Gasteiger partial charge in [0.25, 0.3) is 0 Å². The van der Waals surface area contributed by atoms with Gasteiger partial charge in [0.2, 0.25) is 0 Å². The highest BCUT2D eigenvalue weighted by Crippen LogP contribution is 2.23. The highest BCUT2D eigenvalue weighted by molar-refractivity contribution is 5.77. The molecule has 0 aliphatic carbocycles. The van der Waals surface area contributed by atoms with E-state index in [1.165, 1.54) is 5.69 Å². The van der Waals surface area contributed by atoms with Crippen molar-refractivity contribution in [1.29, 1.82) is 0 Å². The zero-order valence-electron chi connectivity index (χ0n) is 11.2. The first-order valence-corrected chi connectivity index (χ1v) is 6.71. The lowest BCUT2D eigenvalue weighted by Crippen LogP contribution is -2.43. The normalized spacial score (nSPS) is 16.2. The Hall–Kier alpha value is -1.59. The number of hydrogen-bond acceptors (Lipinski definition) is 5. The number of methoxy groups -OCH3 is 1. The maximum absolute atomic E-state index is 5.77. The number of oxazole rings is 1. The first-order valence-electron chi connectivity index (χ1n) is 6.71. The number of aromatic nitrogens is 1. The summed E-state index contributed by atoms with van der Waals surface area (Å²) in [7, 11) is 1.69. The van der Waals surface area contributed by atoms with Crippen molar-refractivity contribution >= 4 is 16.8 Å². The summed E-state index contributed by atoms with van der Waals surface area (Å²) in [5, 5.41) is 3.36. The van der Waals surface area contributed by atoms with Gasteiger partial charge in [-0.3, -0.25) is 0 Å². The summed E-state index contributed by atoms with van der Waals surface area (Å²) in [5.74, 6) is 0.745. The molecule has 19 heavy (non-hydrogen) atoms. The number of piperazine rings is 1. The second-order valence-electron chi connectivity index (χ2n) is 4.74. The topological polar surface area (TPSA) is 50.5 Å². The molecule has 0 saturated carbocycles. The number of fused-ring (bicyclic) bond motifs is 1. The molecule has 1 fully saturated rings. The van der Waals surface area contributed by atoms with Crippen molar-refractivity contribution in [3.05, 3.63) is 24.1 Å². The maximum atomic E-state index is 5.77. The van der Waals surface area contributed by atoms with Crippen LogP contribution in [0.1, 0.15) is 5.89 Å². The van der Waals surface area contributed by atoms with E-state index >= 15 is 0 Å². The van der Waals surface area contributed by atoms with Gasteiger partial charge in [0.15, 0.2) is 11.5 Å². The molecule has 1 N–H and O–H groups in total. The molecule has 5 nitrogen and oxygen atoms in total. The van der Waals surface area contributed by atoms with Gasteiger partial charge in [-0.25, -0.2) is 4.98 Å². The zero-order valence-corrected chi connectivity index (χ0v) is 11.2. The number of benzene rings is 1. The Morgan fingerprint density at radius 1 is 1.37 bits per heavy atom. The van der Waals surface area contributed by atoms with Crippen LogP contribution in [-0.4, -0.2) is 44.9 Å². The van der Waals surface area contributed by atoms with Crippen LogP contribution >= 0.6 is 0 Å². The molecule has 1 saturated heterocycles. The van der Waals surface area contributed by atoms with Crippen LogP contribution in [0.5, 0.6) is 0 Å². The van der Waals surface area contributed by atoms with Gasteiger partial charge in [-0.1, -0.05) is 0 Å². The van der Waals surface area contributed by atoms with E-state index in [0.717, 1.165) is 43.2 Å². The molecule has 0 bridgehead atoms. The van der Waals surface area contributed by atoms with Gasteiger partial charge in [0, 0.05) is 51.5 Å². The third-order valence-electron chi connectivity index (χ3n) is 3.42. The molecule has 0 spiro atoms. The molecule has 0 unspecified atom stereocenters. The zero-order chi connectivity index (χ0) is 13.1. The van der Waals surface area contributed by atoms with Crippen LogP contribution in [0.4, 0.5) is 5.69 Å². The Kier molecular flexibility index (Phi) is 3.66. The summed E-state index contributed by atoms with van der Waals surface area (Å²) in [5.41, 5.74) is 3.00. The quantitative estimate of drug-likeness (QED) is 0.902. The highest BCUT2D eigenvalue weighted by Gasteiger charge is 2.12. The minimum absolute atomic E-state index is 0.636. The molecule has 1 aliphatic heterocycles. The van der Waals surface area contributed by atoms with Crippen LogP contribution in [0.3, 0.4) is 0 Å². The second-order valence-corrected chi connectivity index (χ2v) is 4.74. The SMILES string of the molecule is COCCc1nc2ccc(N3CCNCC3)cc2o1. The molecule has 3 rings (SSSR count). The van der Waals surface area contributed by atoms with Crippen molar-refractivity contribution in [1.82, 2.24) is 10.3 Å². The molecule has 1 aromatic heterocycles. The summed E-state index contributed by atoms with van der Waals surface area (Å²) >= 11 is 0. The van der Waals surface area contributed by atoms with E-state index in [0.29, 0.717) is 13.0 Å². The lowest BCUT2D eigenvalue weighted by Gasteiger charge is -2.29. The van der Waals surface area contributed by atoms with E-state index in [1.54, 1.807) is 7.11 Å². The number of nitrogens with one attached hydrogen (secondary N) is 1. The molecular weight excluding hydrogens is 242 g/mol. The summed E-state index contributed by atoms with van der Waals surface area (Å²) in [4.78, 5) is 6.83. The number of rotatable bonds is 4. The van der Waals surface area contributed by atoms with E-state index in [-0.39, 0.29) is 0 Å². The van der Waals surface area contributed by atoms with Gasteiger partial charge in [-0.05, 0) is 12.1 Å². The standard InChI is InChI=1S/C14H19N3O2/c1-18-9-4-14-16-12-3-2-11(10-13(12)19-14)17-7-5-15-6-8-17/h2-3,10,15H,4-9H2,1H3. The molecule has 2 aromatic rings. The molecule has 0 atom stereocenters. The van der Waals surface area contributed by atoms with Crippen molar-refractivity contribution in [3.63, 3.8) is 0 Å². The Morgan fingerprint density at radius 3 is 3.00 bits per heavy atom. The van der Waals surface area contributed by atoms with E-state index in [2.05, 4.69) is 27.3 Å². The Bertz CT molecular complexity index is 547. The van der Waals surface area contributed by atoms with Crippen molar-refractivity contribution in [3.8, 4) is 0 Å². The third kappa shape index (κ3) is 2.72. The molecule has 5 heteroatoms. The predicted molar refractivity (Wildman–Crippen MR) is 74.7 cm³/mol. The van der Waals surface area contributed by atoms with Crippen molar-refractivity contribution < 1.29 is 9.15 Å². The molecule has 102 valence electrons. The van der Waals surface area contributed by atoms with Crippen LogP contribution in [0.15, 0.2) is 22.6 Å². The van der Waals surface area contributed by atoms with Crippen LogP contribution in [0.25, 0.3) is 11.1 Å². The summed E-state index contributed by atoms with van der Waals surface area (Å²) in [6.45, 7) is 4.78. The second kappa shape index (κ2) is 5.59. The Morgan fingerprint density at radius 2 is 2.21 bits per heavy atom. The first-order chi connectivity index (χ1) is 9.36. The van der Waals surface area contributed by atoms with E-state index < -0.39 is 0 Å². The van der Waals surface area contributed by atoms with Crippen molar-refractivity contribution in [2.45, 2.75) is 6.42 Å². The largest absolute Gasteiger partial charge is 0.441 e. The van der Waals surface area contributed by atoms with E-state index in [4.69, 9.17) is 9.15 Å². The summed E-state index contributed by atoms with van der Waals surface area (Å²) in [6.07, 6.45) is 0.716. The average molecular weight is 261 g/mol. The lowest BCUT2D eigenvalue weighted by atomic mass is 10.2. The van der Waals surface area contributed by atoms with Crippen molar-refractivity contribution in [2.75, 3.05) is 44.8 Å². The van der Waals surface area contributed by atoms with Crippen LogP contribution in [0, 0.1) is 0 Å². The first kappa shape index (κ1) is 12.4. The number of hydrogen-bond donors (Lipinski definition) is 1. The molecule has 2 heterocycles. The monoisotopic (exact) mass is 261 g/mol. The molecule has 0 radical (unpaired) electrons. The fraction of sp³-hybridized carbons (Fsp3) is 0.500. The minimum atomic E-state index is 0.636. The fourth-order valence-corrected chi connectivity index (χ4v) is 2.38. The van der Waals surface area contributed by atoms with E-state index in [1.807, 2.05) is 6.07 Å². The summed E-state index contributed by atoms with van der Waals surface area (Å²) < 4.78 is 10.8.